The van der Waals surface area contributed by atoms with E-state index in [1.807, 2.05) is 42.5 Å². The molecule has 0 aliphatic carbocycles. The number of aryl methyl sites for hydroxylation is 1. The topological polar surface area (TPSA) is 84.8 Å². The van der Waals surface area contributed by atoms with Crippen LogP contribution in [0.2, 0.25) is 0 Å². The second-order valence-corrected chi connectivity index (χ2v) is 6.58. The SMILES string of the molecule is Cc1ccccc1CSc1nc(N)c(C#N)c(COc2ccccc2)n1. The summed E-state index contributed by atoms with van der Waals surface area (Å²) in [6.45, 7) is 2.24. The molecule has 3 rings (SSSR count). The predicted octanol–water partition coefficient (Wildman–Crippen LogP) is 4.11. The van der Waals surface area contributed by atoms with Gasteiger partial charge in [-0.15, -0.1) is 0 Å². The summed E-state index contributed by atoms with van der Waals surface area (Å²) in [4.78, 5) is 8.74. The maximum atomic E-state index is 9.36. The average molecular weight is 362 g/mol. The van der Waals surface area contributed by atoms with Crippen molar-refractivity contribution in [3.8, 4) is 11.8 Å². The minimum Gasteiger partial charge on any atom is -0.487 e. The summed E-state index contributed by atoms with van der Waals surface area (Å²) in [5.74, 6) is 1.63. The van der Waals surface area contributed by atoms with E-state index in [9.17, 15) is 5.26 Å². The minimum atomic E-state index is 0.164. The van der Waals surface area contributed by atoms with Crippen LogP contribution in [0.4, 0.5) is 5.82 Å². The lowest BCUT2D eigenvalue weighted by Crippen LogP contribution is -2.08. The quantitative estimate of drug-likeness (QED) is 0.525. The Balaban J connectivity index is 1.78. The van der Waals surface area contributed by atoms with Crippen LogP contribution in [0.25, 0.3) is 0 Å². The molecule has 1 aromatic heterocycles. The first-order valence-electron chi connectivity index (χ1n) is 8.09. The van der Waals surface area contributed by atoms with Gasteiger partial charge in [-0.05, 0) is 30.2 Å². The van der Waals surface area contributed by atoms with Crippen molar-refractivity contribution >= 4 is 17.6 Å². The molecule has 6 heteroatoms. The number of para-hydroxylation sites is 1. The Morgan fingerprint density at radius 3 is 2.54 bits per heavy atom. The van der Waals surface area contributed by atoms with Crippen LogP contribution in [-0.4, -0.2) is 9.97 Å². The third-order valence-corrected chi connectivity index (χ3v) is 4.74. The van der Waals surface area contributed by atoms with Gasteiger partial charge in [-0.1, -0.05) is 54.2 Å². The van der Waals surface area contributed by atoms with E-state index in [2.05, 4.69) is 35.1 Å². The first-order chi connectivity index (χ1) is 12.7. The van der Waals surface area contributed by atoms with Crippen LogP contribution in [0, 0.1) is 18.3 Å². The number of thioether (sulfide) groups is 1. The second kappa shape index (κ2) is 8.37. The Morgan fingerprint density at radius 1 is 1.08 bits per heavy atom. The standard InChI is InChI=1S/C20H18N4OS/c1-14-7-5-6-8-15(14)13-26-20-23-18(17(11-21)19(22)24-20)12-25-16-9-3-2-4-10-16/h2-10H,12-13H2,1H3,(H2,22,23,24). The molecule has 0 aliphatic heterocycles. The summed E-state index contributed by atoms with van der Waals surface area (Å²) in [5.41, 5.74) is 9.15. The summed E-state index contributed by atoms with van der Waals surface area (Å²) in [7, 11) is 0. The number of nitrogens with zero attached hydrogens (tertiary/aromatic N) is 3. The van der Waals surface area contributed by atoms with E-state index in [4.69, 9.17) is 10.5 Å². The molecular weight excluding hydrogens is 344 g/mol. The lowest BCUT2D eigenvalue weighted by atomic mass is 10.1. The van der Waals surface area contributed by atoms with Crippen LogP contribution in [0.5, 0.6) is 5.75 Å². The highest BCUT2D eigenvalue weighted by Gasteiger charge is 2.14. The number of aromatic nitrogens is 2. The molecule has 5 nitrogen and oxygen atoms in total. The third-order valence-electron chi connectivity index (χ3n) is 3.84. The van der Waals surface area contributed by atoms with Gasteiger partial charge in [0.2, 0.25) is 0 Å². The summed E-state index contributed by atoms with van der Waals surface area (Å²) >= 11 is 1.49. The number of nitriles is 1. The van der Waals surface area contributed by atoms with E-state index < -0.39 is 0 Å². The molecule has 0 atom stereocenters. The van der Waals surface area contributed by atoms with Crippen LogP contribution in [0.3, 0.4) is 0 Å². The van der Waals surface area contributed by atoms with Crippen molar-refractivity contribution < 1.29 is 4.74 Å². The van der Waals surface area contributed by atoms with E-state index in [0.29, 0.717) is 16.6 Å². The van der Waals surface area contributed by atoms with Crippen molar-refractivity contribution in [3.63, 3.8) is 0 Å². The van der Waals surface area contributed by atoms with E-state index in [1.54, 1.807) is 0 Å². The summed E-state index contributed by atoms with van der Waals surface area (Å²) in [5, 5.41) is 9.90. The largest absolute Gasteiger partial charge is 0.487 e. The van der Waals surface area contributed by atoms with Crippen molar-refractivity contribution in [1.82, 2.24) is 9.97 Å². The fraction of sp³-hybridized carbons (Fsp3) is 0.150. The van der Waals surface area contributed by atoms with Crippen molar-refractivity contribution in [2.24, 2.45) is 0 Å². The van der Waals surface area contributed by atoms with Crippen molar-refractivity contribution in [2.75, 3.05) is 5.73 Å². The Bertz CT molecular complexity index is 938. The summed E-state index contributed by atoms with van der Waals surface area (Å²) in [6, 6.07) is 19.6. The lowest BCUT2D eigenvalue weighted by Gasteiger charge is -2.10. The molecule has 26 heavy (non-hydrogen) atoms. The maximum Gasteiger partial charge on any atom is 0.190 e. The normalized spacial score (nSPS) is 10.3. The van der Waals surface area contributed by atoms with Gasteiger partial charge in [0.05, 0.1) is 0 Å². The fourth-order valence-electron chi connectivity index (χ4n) is 2.38. The van der Waals surface area contributed by atoms with Crippen molar-refractivity contribution in [3.05, 3.63) is 77.0 Å². The molecule has 130 valence electrons. The van der Waals surface area contributed by atoms with Crippen molar-refractivity contribution in [1.29, 1.82) is 5.26 Å². The minimum absolute atomic E-state index is 0.164. The molecular formula is C20H18N4OS. The number of rotatable bonds is 6. The molecule has 0 radical (unpaired) electrons. The van der Waals surface area contributed by atoms with Crippen LogP contribution < -0.4 is 10.5 Å². The number of benzene rings is 2. The second-order valence-electron chi connectivity index (χ2n) is 5.64. The van der Waals surface area contributed by atoms with Gasteiger partial charge >= 0.3 is 0 Å². The first-order valence-corrected chi connectivity index (χ1v) is 9.07. The maximum absolute atomic E-state index is 9.36. The van der Waals surface area contributed by atoms with Gasteiger partial charge in [0.15, 0.2) is 5.16 Å². The highest BCUT2D eigenvalue weighted by Crippen LogP contribution is 2.25. The summed E-state index contributed by atoms with van der Waals surface area (Å²) in [6.07, 6.45) is 0. The molecule has 0 spiro atoms. The molecule has 0 aliphatic rings. The molecule has 0 bridgehead atoms. The van der Waals surface area contributed by atoms with Gasteiger partial charge in [-0.2, -0.15) is 5.26 Å². The summed E-state index contributed by atoms with van der Waals surface area (Å²) < 4.78 is 5.72. The number of nitrogens with two attached hydrogens (primary N) is 1. The highest BCUT2D eigenvalue weighted by molar-refractivity contribution is 7.98. The Morgan fingerprint density at radius 2 is 1.81 bits per heavy atom. The van der Waals surface area contributed by atoms with E-state index in [1.165, 1.54) is 22.9 Å². The number of hydrogen-bond donors (Lipinski definition) is 1. The predicted molar refractivity (Wildman–Crippen MR) is 103 cm³/mol. The molecule has 2 N–H and O–H groups in total. The zero-order valence-electron chi connectivity index (χ0n) is 14.3. The first kappa shape index (κ1) is 17.8. The number of ether oxygens (including phenoxy) is 1. The van der Waals surface area contributed by atoms with Crippen molar-refractivity contribution in [2.45, 2.75) is 24.4 Å². The van der Waals surface area contributed by atoms with Gasteiger partial charge in [0.25, 0.3) is 0 Å². The smallest absolute Gasteiger partial charge is 0.190 e. The molecule has 0 amide bonds. The Hall–Kier alpha value is -3.04. The van der Waals surface area contributed by atoms with E-state index in [0.717, 1.165) is 5.75 Å². The van der Waals surface area contributed by atoms with Gasteiger partial charge < -0.3 is 10.5 Å². The Kier molecular flexibility index (Phi) is 5.72. The van der Waals surface area contributed by atoms with E-state index >= 15 is 0 Å². The zero-order valence-corrected chi connectivity index (χ0v) is 15.2. The van der Waals surface area contributed by atoms with Gasteiger partial charge in [0, 0.05) is 5.75 Å². The molecule has 3 aromatic rings. The number of anilines is 1. The lowest BCUT2D eigenvalue weighted by molar-refractivity contribution is 0.299. The molecule has 0 saturated heterocycles. The third kappa shape index (κ3) is 4.32. The zero-order chi connectivity index (χ0) is 18.4. The molecule has 0 fully saturated rings. The van der Waals surface area contributed by atoms with Crippen LogP contribution in [0.1, 0.15) is 22.4 Å². The van der Waals surface area contributed by atoms with Crippen LogP contribution in [-0.2, 0) is 12.4 Å². The highest BCUT2D eigenvalue weighted by atomic mass is 32.2. The average Bonchev–Trinajstić information content (AvgIpc) is 2.66. The van der Waals surface area contributed by atoms with Gasteiger partial charge in [-0.3, -0.25) is 0 Å². The van der Waals surface area contributed by atoms with Gasteiger partial charge in [0.1, 0.15) is 35.5 Å². The molecule has 0 saturated carbocycles. The molecule has 0 unspecified atom stereocenters. The van der Waals surface area contributed by atoms with Crippen LogP contribution in [0.15, 0.2) is 59.8 Å². The monoisotopic (exact) mass is 362 g/mol. The van der Waals surface area contributed by atoms with Crippen LogP contribution >= 0.6 is 11.8 Å². The molecule has 1 heterocycles. The fourth-order valence-corrected chi connectivity index (χ4v) is 3.32. The van der Waals surface area contributed by atoms with Gasteiger partial charge in [-0.25, -0.2) is 9.97 Å². The number of nitrogen functional groups attached to an aromatic ring is 1. The number of hydrogen-bond acceptors (Lipinski definition) is 6. The molecule has 2 aromatic carbocycles. The van der Waals surface area contributed by atoms with E-state index in [-0.39, 0.29) is 18.0 Å². The Labute approximate surface area is 156 Å².